The maximum atomic E-state index is 11.6. The van der Waals surface area contributed by atoms with Crippen LogP contribution in [0.1, 0.15) is 26.2 Å². The number of rotatable bonds is 4. The van der Waals surface area contributed by atoms with Crippen LogP contribution in [0.3, 0.4) is 0 Å². The van der Waals surface area contributed by atoms with Crippen molar-refractivity contribution in [1.29, 1.82) is 0 Å². The van der Waals surface area contributed by atoms with Crippen molar-refractivity contribution in [2.24, 2.45) is 0 Å². The van der Waals surface area contributed by atoms with Gasteiger partial charge in [0.05, 0.1) is 0 Å². The predicted octanol–water partition coefficient (Wildman–Crippen LogP) is 1.21. The Balaban J connectivity index is 2.76. The molecule has 1 N–H and O–H groups in total. The Morgan fingerprint density at radius 3 is 2.62 bits per heavy atom. The van der Waals surface area contributed by atoms with Crippen LogP contribution in [-0.2, 0) is 9.84 Å². The Hall–Kier alpha value is 0.260. The summed E-state index contributed by atoms with van der Waals surface area (Å²) >= 11 is 1.54. The number of thioether (sulfide) groups is 1. The van der Waals surface area contributed by atoms with E-state index < -0.39 is 14.0 Å². The van der Waals surface area contributed by atoms with Gasteiger partial charge in [-0.25, -0.2) is 8.42 Å². The average Bonchev–Trinajstić information content (AvgIpc) is 2.48. The minimum atomic E-state index is -2.98. The van der Waals surface area contributed by atoms with Gasteiger partial charge < -0.3 is 0 Å². The topological polar surface area (TPSA) is 46.2 Å². The molecule has 0 spiro atoms. The van der Waals surface area contributed by atoms with Gasteiger partial charge in [-0.3, -0.25) is 5.32 Å². The molecule has 1 unspecified atom stereocenters. The molecule has 0 aromatic rings. The second kappa shape index (κ2) is 4.19. The van der Waals surface area contributed by atoms with Crippen molar-refractivity contribution in [3.63, 3.8) is 0 Å². The summed E-state index contributed by atoms with van der Waals surface area (Å²) < 4.78 is 22.5. The minimum Gasteiger partial charge on any atom is -0.289 e. The second-order valence-electron chi connectivity index (χ2n) is 3.40. The van der Waals surface area contributed by atoms with E-state index in [0.717, 1.165) is 31.6 Å². The Bertz CT molecular complexity index is 255. The van der Waals surface area contributed by atoms with Gasteiger partial charge >= 0.3 is 0 Å². The van der Waals surface area contributed by atoms with Crippen LogP contribution in [0, 0.1) is 0 Å². The number of hydrogen-bond acceptors (Lipinski definition) is 4. The van der Waals surface area contributed by atoms with Gasteiger partial charge in [0, 0.05) is 18.6 Å². The van der Waals surface area contributed by atoms with Crippen LogP contribution in [0.5, 0.6) is 0 Å². The molecule has 0 aromatic heterocycles. The largest absolute Gasteiger partial charge is 0.289 e. The highest BCUT2D eigenvalue weighted by molar-refractivity contribution is 8.14. The first-order chi connectivity index (χ1) is 6.02. The van der Waals surface area contributed by atoms with E-state index in [1.165, 1.54) is 18.0 Å². The molecule has 1 saturated heterocycles. The summed E-state index contributed by atoms with van der Waals surface area (Å²) in [5, 5.41) is 3.12. The quantitative estimate of drug-likeness (QED) is 0.778. The summed E-state index contributed by atoms with van der Waals surface area (Å²) in [5.74, 6) is 0.900. The molecule has 13 heavy (non-hydrogen) atoms. The van der Waals surface area contributed by atoms with Crippen LogP contribution < -0.4 is 5.32 Å². The fraction of sp³-hybridized carbons (Fsp3) is 1.00. The number of sulfone groups is 1. The fourth-order valence-electron chi connectivity index (χ4n) is 1.50. The molecule has 0 radical (unpaired) electrons. The fourth-order valence-corrected chi connectivity index (χ4v) is 4.51. The molecule has 1 heterocycles. The number of hydrogen-bond donors (Lipinski definition) is 1. The predicted molar refractivity (Wildman–Crippen MR) is 57.6 cm³/mol. The van der Waals surface area contributed by atoms with Crippen LogP contribution in [-0.4, -0.2) is 31.2 Å². The van der Waals surface area contributed by atoms with Crippen molar-refractivity contribution < 1.29 is 8.42 Å². The molecule has 1 aliphatic heterocycles. The molecule has 0 aliphatic carbocycles. The van der Waals surface area contributed by atoms with Gasteiger partial charge in [0.25, 0.3) is 0 Å². The Labute approximate surface area is 84.6 Å². The van der Waals surface area contributed by atoms with Crippen molar-refractivity contribution >= 4 is 21.6 Å². The van der Waals surface area contributed by atoms with Crippen molar-refractivity contribution in [3.05, 3.63) is 0 Å². The SMILES string of the molecule is CCCCC1(S(C)(=O)=O)NCCS1. The van der Waals surface area contributed by atoms with Crippen LogP contribution in [0.15, 0.2) is 0 Å². The summed E-state index contributed by atoms with van der Waals surface area (Å²) in [4.78, 5) is 0. The second-order valence-corrected chi connectivity index (χ2v) is 7.30. The van der Waals surface area contributed by atoms with Crippen molar-refractivity contribution in [1.82, 2.24) is 5.32 Å². The van der Waals surface area contributed by atoms with Crippen molar-refractivity contribution in [2.75, 3.05) is 18.6 Å². The highest BCUT2D eigenvalue weighted by atomic mass is 32.3. The molecule has 1 rings (SSSR count). The van der Waals surface area contributed by atoms with Gasteiger partial charge in [-0.15, -0.1) is 11.8 Å². The van der Waals surface area contributed by atoms with E-state index in [1.807, 2.05) is 0 Å². The molecule has 78 valence electrons. The van der Waals surface area contributed by atoms with Crippen LogP contribution in [0.4, 0.5) is 0 Å². The number of nitrogens with one attached hydrogen (secondary N) is 1. The van der Waals surface area contributed by atoms with Crippen LogP contribution in [0.2, 0.25) is 0 Å². The van der Waals surface area contributed by atoms with Gasteiger partial charge in [-0.2, -0.15) is 0 Å². The first-order valence-electron chi connectivity index (χ1n) is 4.60. The summed E-state index contributed by atoms with van der Waals surface area (Å²) in [6, 6.07) is 0. The molecular weight excluding hydrogens is 206 g/mol. The molecule has 0 bridgehead atoms. The normalized spacial score (nSPS) is 29.4. The third-order valence-electron chi connectivity index (χ3n) is 2.29. The maximum absolute atomic E-state index is 11.6. The lowest BCUT2D eigenvalue weighted by molar-refractivity contribution is 0.518. The highest BCUT2D eigenvalue weighted by Crippen LogP contribution is 2.36. The molecule has 1 fully saturated rings. The molecule has 3 nitrogen and oxygen atoms in total. The Morgan fingerprint density at radius 2 is 2.23 bits per heavy atom. The van der Waals surface area contributed by atoms with E-state index in [9.17, 15) is 8.42 Å². The third kappa shape index (κ3) is 2.39. The van der Waals surface area contributed by atoms with Crippen molar-refractivity contribution in [2.45, 2.75) is 30.4 Å². The van der Waals surface area contributed by atoms with E-state index in [1.54, 1.807) is 0 Å². The molecular formula is C8H17NO2S2. The zero-order valence-corrected chi connectivity index (χ0v) is 9.80. The molecule has 0 saturated carbocycles. The molecule has 1 aliphatic rings. The van der Waals surface area contributed by atoms with E-state index in [2.05, 4.69) is 12.2 Å². The average molecular weight is 223 g/mol. The summed E-state index contributed by atoms with van der Waals surface area (Å²) in [7, 11) is -2.98. The van der Waals surface area contributed by atoms with Gasteiger partial charge in [-0.05, 0) is 12.8 Å². The smallest absolute Gasteiger partial charge is 0.175 e. The first-order valence-corrected chi connectivity index (χ1v) is 7.48. The molecule has 0 aromatic carbocycles. The van der Waals surface area contributed by atoms with Gasteiger partial charge in [0.2, 0.25) is 0 Å². The summed E-state index contributed by atoms with van der Waals surface area (Å²) in [5.41, 5.74) is 0. The van der Waals surface area contributed by atoms with Crippen LogP contribution >= 0.6 is 11.8 Å². The maximum Gasteiger partial charge on any atom is 0.175 e. The minimum absolute atomic E-state index is 0.678. The van der Waals surface area contributed by atoms with E-state index in [0.29, 0.717) is 0 Å². The van der Waals surface area contributed by atoms with E-state index in [4.69, 9.17) is 0 Å². The Morgan fingerprint density at radius 1 is 1.54 bits per heavy atom. The highest BCUT2D eigenvalue weighted by Gasteiger charge is 2.43. The Kier molecular flexibility index (Phi) is 3.65. The summed E-state index contributed by atoms with van der Waals surface area (Å²) in [6.07, 6.45) is 4.06. The monoisotopic (exact) mass is 223 g/mol. The lowest BCUT2D eigenvalue weighted by Gasteiger charge is -2.26. The molecule has 1 atom stereocenters. The van der Waals surface area contributed by atoms with Gasteiger partial charge in [0.15, 0.2) is 14.0 Å². The van der Waals surface area contributed by atoms with Crippen LogP contribution in [0.25, 0.3) is 0 Å². The van der Waals surface area contributed by atoms with E-state index in [-0.39, 0.29) is 0 Å². The molecule has 5 heteroatoms. The lowest BCUT2D eigenvalue weighted by atomic mass is 10.2. The third-order valence-corrected chi connectivity index (χ3v) is 6.32. The van der Waals surface area contributed by atoms with E-state index >= 15 is 0 Å². The van der Waals surface area contributed by atoms with Crippen molar-refractivity contribution in [3.8, 4) is 0 Å². The standard InChI is InChI=1S/C8H17NO2S2/c1-3-4-5-8(13(2,10)11)9-6-7-12-8/h9H,3-7H2,1-2H3. The first kappa shape index (κ1) is 11.3. The number of unbranched alkanes of at least 4 members (excludes halogenated alkanes) is 1. The zero-order chi connectivity index (χ0) is 9.95. The van der Waals surface area contributed by atoms with Gasteiger partial charge in [-0.1, -0.05) is 13.3 Å². The zero-order valence-electron chi connectivity index (χ0n) is 8.17. The lowest BCUT2D eigenvalue weighted by Crippen LogP contribution is -2.44. The summed E-state index contributed by atoms with van der Waals surface area (Å²) in [6.45, 7) is 2.89. The van der Waals surface area contributed by atoms with Gasteiger partial charge in [0.1, 0.15) is 0 Å². The molecule has 0 amide bonds.